The molecule has 1 aliphatic heterocycles. The first-order chi connectivity index (χ1) is 8.92. The zero-order chi connectivity index (χ0) is 13.9. The Morgan fingerprint density at radius 3 is 2.32 bits per heavy atom. The van der Waals surface area contributed by atoms with Crippen LogP contribution in [0.1, 0.15) is 19.4 Å². The topological polar surface area (TPSA) is 58.6 Å². The van der Waals surface area contributed by atoms with E-state index in [1.54, 1.807) is 0 Å². The van der Waals surface area contributed by atoms with Gasteiger partial charge in [-0.25, -0.2) is 0 Å². The molecule has 1 saturated heterocycles. The Labute approximate surface area is 114 Å². The van der Waals surface area contributed by atoms with Crippen molar-refractivity contribution in [3.63, 3.8) is 0 Å². The maximum Gasteiger partial charge on any atom is 0.280 e. The molecule has 1 aliphatic rings. The number of hydrogen-bond donors (Lipinski definition) is 1. The highest BCUT2D eigenvalue weighted by molar-refractivity contribution is 7.87. The molecule has 1 aromatic carbocycles. The number of nitrogens with one attached hydrogen (secondary N) is 1. The predicted molar refractivity (Wildman–Crippen MR) is 73.9 cm³/mol. The number of ether oxygens (including phenoxy) is 1. The molecule has 0 amide bonds. The summed E-state index contributed by atoms with van der Waals surface area (Å²) in [5, 5.41) is 0. The van der Waals surface area contributed by atoms with Gasteiger partial charge >= 0.3 is 0 Å². The van der Waals surface area contributed by atoms with Gasteiger partial charge in [0.15, 0.2) is 0 Å². The third-order valence-electron chi connectivity index (χ3n) is 3.19. The number of nitrogens with zero attached hydrogens (tertiary/aromatic N) is 1. The molecule has 1 aromatic rings. The van der Waals surface area contributed by atoms with Gasteiger partial charge in [-0.05, 0) is 19.4 Å². The zero-order valence-corrected chi connectivity index (χ0v) is 12.1. The molecule has 106 valence electrons. The summed E-state index contributed by atoms with van der Waals surface area (Å²) < 4.78 is 34.0. The Morgan fingerprint density at radius 1 is 1.16 bits per heavy atom. The molecule has 0 aromatic heterocycles. The molecule has 0 unspecified atom stereocenters. The summed E-state index contributed by atoms with van der Waals surface area (Å²) in [5.74, 6) is 0. The average molecular weight is 284 g/mol. The van der Waals surface area contributed by atoms with Crippen molar-refractivity contribution >= 4 is 10.2 Å². The zero-order valence-electron chi connectivity index (χ0n) is 11.3. The van der Waals surface area contributed by atoms with Gasteiger partial charge in [-0.15, -0.1) is 0 Å². The lowest BCUT2D eigenvalue weighted by Gasteiger charge is -2.32. The van der Waals surface area contributed by atoms with E-state index >= 15 is 0 Å². The second-order valence-corrected chi connectivity index (χ2v) is 6.78. The van der Waals surface area contributed by atoms with Crippen LogP contribution in [-0.4, -0.2) is 39.0 Å². The maximum atomic E-state index is 12.3. The summed E-state index contributed by atoms with van der Waals surface area (Å²) in [4.78, 5) is 0. The van der Waals surface area contributed by atoms with Crippen LogP contribution in [0.2, 0.25) is 0 Å². The van der Waals surface area contributed by atoms with Crippen LogP contribution in [0.15, 0.2) is 30.3 Å². The van der Waals surface area contributed by atoms with E-state index in [1.165, 1.54) is 4.31 Å². The van der Waals surface area contributed by atoms with Crippen LogP contribution in [0.25, 0.3) is 0 Å². The van der Waals surface area contributed by atoms with Crippen molar-refractivity contribution in [3.8, 4) is 0 Å². The lowest BCUT2D eigenvalue weighted by atomic mass is 9.96. The SMILES string of the molecule is CC(C)(NS(=O)(=O)N1CCOCC1)c1ccccc1. The lowest BCUT2D eigenvalue weighted by molar-refractivity contribution is 0.0720. The van der Waals surface area contributed by atoms with E-state index in [4.69, 9.17) is 4.74 Å². The van der Waals surface area contributed by atoms with Crippen LogP contribution in [0.3, 0.4) is 0 Å². The summed E-state index contributed by atoms with van der Waals surface area (Å²) in [7, 11) is -3.49. The van der Waals surface area contributed by atoms with Crippen molar-refractivity contribution in [1.29, 1.82) is 0 Å². The van der Waals surface area contributed by atoms with Crippen LogP contribution in [0.4, 0.5) is 0 Å². The molecular formula is C13H20N2O3S. The third kappa shape index (κ3) is 3.54. The normalized spacial score (nSPS) is 18.4. The van der Waals surface area contributed by atoms with Gasteiger partial charge in [-0.2, -0.15) is 17.4 Å². The molecular weight excluding hydrogens is 264 g/mol. The molecule has 0 radical (unpaired) electrons. The van der Waals surface area contributed by atoms with Gasteiger partial charge in [0.1, 0.15) is 0 Å². The highest BCUT2D eigenvalue weighted by atomic mass is 32.2. The standard InChI is InChI=1S/C13H20N2O3S/c1-13(2,12-6-4-3-5-7-12)14-19(16,17)15-8-10-18-11-9-15/h3-7,14H,8-11H2,1-2H3. The van der Waals surface area contributed by atoms with E-state index in [9.17, 15) is 8.42 Å². The minimum absolute atomic E-state index is 0.403. The summed E-state index contributed by atoms with van der Waals surface area (Å²) in [6.45, 7) is 5.43. The van der Waals surface area contributed by atoms with E-state index in [0.29, 0.717) is 26.3 Å². The first-order valence-corrected chi connectivity index (χ1v) is 7.78. The first-order valence-electron chi connectivity index (χ1n) is 6.34. The van der Waals surface area contributed by atoms with Crippen LogP contribution in [0, 0.1) is 0 Å². The van der Waals surface area contributed by atoms with E-state index < -0.39 is 15.7 Å². The van der Waals surface area contributed by atoms with E-state index in [1.807, 2.05) is 44.2 Å². The second-order valence-electron chi connectivity index (χ2n) is 5.11. The minimum Gasteiger partial charge on any atom is -0.379 e. The van der Waals surface area contributed by atoms with Crippen molar-refractivity contribution < 1.29 is 13.2 Å². The van der Waals surface area contributed by atoms with E-state index in [0.717, 1.165) is 5.56 Å². The molecule has 1 N–H and O–H groups in total. The monoisotopic (exact) mass is 284 g/mol. The fourth-order valence-electron chi connectivity index (χ4n) is 2.09. The Morgan fingerprint density at radius 2 is 1.74 bits per heavy atom. The second kappa shape index (κ2) is 5.58. The van der Waals surface area contributed by atoms with Crippen LogP contribution in [0.5, 0.6) is 0 Å². The molecule has 19 heavy (non-hydrogen) atoms. The lowest BCUT2D eigenvalue weighted by Crippen LogP contribution is -2.51. The molecule has 1 heterocycles. The number of morpholine rings is 1. The molecule has 0 spiro atoms. The quantitative estimate of drug-likeness (QED) is 0.900. The molecule has 0 aliphatic carbocycles. The molecule has 0 saturated carbocycles. The predicted octanol–water partition coefficient (Wildman–Crippen LogP) is 1.09. The molecule has 6 heteroatoms. The fraction of sp³-hybridized carbons (Fsp3) is 0.538. The molecule has 0 bridgehead atoms. The maximum absolute atomic E-state index is 12.3. The van der Waals surface area contributed by atoms with E-state index in [-0.39, 0.29) is 0 Å². The number of rotatable bonds is 4. The highest BCUT2D eigenvalue weighted by Gasteiger charge is 2.31. The van der Waals surface area contributed by atoms with Crippen LogP contribution >= 0.6 is 0 Å². The molecule has 1 fully saturated rings. The minimum atomic E-state index is -3.49. The largest absolute Gasteiger partial charge is 0.379 e. The van der Waals surface area contributed by atoms with Gasteiger partial charge in [-0.1, -0.05) is 30.3 Å². The van der Waals surface area contributed by atoms with Crippen molar-refractivity contribution in [2.75, 3.05) is 26.3 Å². The Balaban J connectivity index is 2.15. The Kier molecular flexibility index (Phi) is 4.25. The summed E-state index contributed by atoms with van der Waals surface area (Å²) >= 11 is 0. The smallest absolute Gasteiger partial charge is 0.280 e. The summed E-state index contributed by atoms with van der Waals surface area (Å²) in [5.41, 5.74) is 0.296. The third-order valence-corrected chi connectivity index (χ3v) is 5.00. The average Bonchev–Trinajstić information content (AvgIpc) is 2.40. The first kappa shape index (κ1) is 14.5. The fourth-order valence-corrected chi connectivity index (χ4v) is 3.61. The summed E-state index contributed by atoms with van der Waals surface area (Å²) in [6, 6.07) is 9.56. The summed E-state index contributed by atoms with van der Waals surface area (Å²) in [6.07, 6.45) is 0. The molecule has 5 nitrogen and oxygen atoms in total. The number of hydrogen-bond acceptors (Lipinski definition) is 3. The molecule has 0 atom stereocenters. The van der Waals surface area contributed by atoms with Crippen LogP contribution in [-0.2, 0) is 20.5 Å². The highest BCUT2D eigenvalue weighted by Crippen LogP contribution is 2.21. The van der Waals surface area contributed by atoms with Crippen molar-refractivity contribution in [3.05, 3.63) is 35.9 Å². The van der Waals surface area contributed by atoms with Crippen LogP contribution < -0.4 is 4.72 Å². The van der Waals surface area contributed by atoms with Gasteiger partial charge in [-0.3, -0.25) is 0 Å². The van der Waals surface area contributed by atoms with E-state index in [2.05, 4.69) is 4.72 Å². The Hall–Kier alpha value is -0.950. The van der Waals surface area contributed by atoms with Gasteiger partial charge < -0.3 is 4.74 Å². The van der Waals surface area contributed by atoms with Gasteiger partial charge in [0.2, 0.25) is 0 Å². The Bertz CT molecular complexity index is 508. The van der Waals surface area contributed by atoms with Crippen molar-refractivity contribution in [2.24, 2.45) is 0 Å². The number of benzene rings is 1. The van der Waals surface area contributed by atoms with Gasteiger partial charge in [0.05, 0.1) is 18.8 Å². The van der Waals surface area contributed by atoms with Gasteiger partial charge in [0.25, 0.3) is 10.2 Å². The van der Waals surface area contributed by atoms with Crippen molar-refractivity contribution in [2.45, 2.75) is 19.4 Å². The van der Waals surface area contributed by atoms with Gasteiger partial charge in [0, 0.05) is 13.1 Å². The van der Waals surface area contributed by atoms with Crippen molar-refractivity contribution in [1.82, 2.24) is 9.03 Å². The molecule has 2 rings (SSSR count).